The molecule has 0 aromatic heterocycles. The highest BCUT2D eigenvalue weighted by molar-refractivity contribution is 8.06. The summed E-state index contributed by atoms with van der Waals surface area (Å²) in [5.74, 6) is -0.403. The Morgan fingerprint density at radius 1 is 1.03 bits per heavy atom. The summed E-state index contributed by atoms with van der Waals surface area (Å²) in [6, 6.07) is 15.3. The highest BCUT2D eigenvalue weighted by atomic mass is 35.5. The van der Waals surface area contributed by atoms with E-state index in [1.807, 2.05) is 21.3 Å². The third kappa shape index (κ3) is 4.79. The van der Waals surface area contributed by atoms with E-state index in [-0.39, 0.29) is 29.1 Å². The van der Waals surface area contributed by atoms with Crippen molar-refractivity contribution in [3.8, 4) is 6.07 Å². The quantitative estimate of drug-likeness (QED) is 0.436. The van der Waals surface area contributed by atoms with E-state index in [9.17, 15) is 19.2 Å². The Morgan fingerprint density at radius 2 is 1.71 bits per heavy atom. The van der Waals surface area contributed by atoms with E-state index in [0.29, 0.717) is 47.6 Å². The Balaban J connectivity index is 1.45. The van der Waals surface area contributed by atoms with E-state index in [4.69, 9.17) is 11.6 Å². The molecule has 1 saturated heterocycles. The van der Waals surface area contributed by atoms with Crippen LogP contribution in [0.5, 0.6) is 0 Å². The standard InChI is InChI=1S/C26H22ClFN4O2S/c27-19-2-1-3-21(14-19)32-23(17-6-8-20(28)9-7-17)16-35-26(32)22(15-29)25(34)31-12-10-30(11-13-31)24(33)18-4-5-18/h1-3,6-9,14,16,18H,4-5,10-13H2. The van der Waals surface area contributed by atoms with Crippen LogP contribution in [-0.2, 0) is 9.59 Å². The van der Waals surface area contributed by atoms with Gasteiger partial charge in [0, 0.05) is 48.2 Å². The molecule has 0 unspecified atom stereocenters. The third-order valence-corrected chi connectivity index (χ3v) is 7.46. The molecule has 9 heteroatoms. The molecule has 2 fully saturated rings. The molecule has 5 rings (SSSR count). The summed E-state index contributed by atoms with van der Waals surface area (Å²) in [6.45, 7) is 1.71. The van der Waals surface area contributed by atoms with Crippen LogP contribution in [0.1, 0.15) is 18.4 Å². The van der Waals surface area contributed by atoms with Crippen molar-refractivity contribution >= 4 is 46.6 Å². The molecule has 0 bridgehead atoms. The van der Waals surface area contributed by atoms with Crippen LogP contribution in [0.3, 0.4) is 0 Å². The number of nitrogens with zero attached hydrogens (tertiary/aromatic N) is 4. The molecular formula is C26H22ClFN4O2S. The van der Waals surface area contributed by atoms with Crippen molar-refractivity contribution in [3.63, 3.8) is 0 Å². The van der Waals surface area contributed by atoms with Gasteiger partial charge in [0.25, 0.3) is 5.91 Å². The fourth-order valence-electron chi connectivity index (χ4n) is 4.25. The number of benzene rings is 2. The van der Waals surface area contributed by atoms with Gasteiger partial charge in [-0.05, 0) is 60.9 Å². The fourth-order valence-corrected chi connectivity index (χ4v) is 5.46. The van der Waals surface area contributed by atoms with Gasteiger partial charge in [-0.25, -0.2) is 4.39 Å². The first-order valence-electron chi connectivity index (χ1n) is 11.4. The summed E-state index contributed by atoms with van der Waals surface area (Å²) in [6.07, 6.45) is 1.89. The lowest BCUT2D eigenvalue weighted by Gasteiger charge is -2.35. The molecule has 0 radical (unpaired) electrons. The first-order chi connectivity index (χ1) is 17.0. The maximum atomic E-state index is 13.6. The van der Waals surface area contributed by atoms with E-state index in [1.54, 1.807) is 35.2 Å². The minimum Gasteiger partial charge on any atom is -0.339 e. The number of amides is 2. The van der Waals surface area contributed by atoms with Crippen LogP contribution in [0.15, 0.2) is 64.5 Å². The lowest BCUT2D eigenvalue weighted by atomic mass is 10.1. The van der Waals surface area contributed by atoms with Crippen LogP contribution in [0.4, 0.5) is 10.1 Å². The zero-order chi connectivity index (χ0) is 24.5. The van der Waals surface area contributed by atoms with Crippen molar-refractivity contribution in [2.24, 2.45) is 5.92 Å². The minimum absolute atomic E-state index is 0.0188. The molecule has 0 N–H and O–H groups in total. The number of carbonyl (C=O) groups excluding carboxylic acids is 2. The lowest BCUT2D eigenvalue weighted by molar-refractivity contribution is -0.138. The Kier molecular flexibility index (Phi) is 6.54. The number of anilines is 1. The van der Waals surface area contributed by atoms with Gasteiger partial charge in [-0.2, -0.15) is 5.26 Å². The molecule has 178 valence electrons. The molecule has 2 aromatic carbocycles. The highest BCUT2D eigenvalue weighted by Gasteiger charge is 2.37. The van der Waals surface area contributed by atoms with Crippen LogP contribution in [0.2, 0.25) is 5.02 Å². The highest BCUT2D eigenvalue weighted by Crippen LogP contribution is 2.45. The number of piperazine rings is 1. The van der Waals surface area contributed by atoms with E-state index >= 15 is 0 Å². The van der Waals surface area contributed by atoms with E-state index in [1.165, 1.54) is 23.9 Å². The zero-order valence-corrected chi connectivity index (χ0v) is 20.4. The molecule has 3 aliphatic rings. The SMILES string of the molecule is N#CC(C(=O)N1CCN(C(=O)C2CC2)CC1)=C1SC=C(c2ccc(F)cc2)N1c1cccc(Cl)c1. The van der Waals surface area contributed by atoms with Crippen molar-refractivity contribution in [1.29, 1.82) is 5.26 Å². The topological polar surface area (TPSA) is 67.6 Å². The van der Waals surface area contributed by atoms with Crippen LogP contribution in [0, 0.1) is 23.1 Å². The Labute approximate surface area is 212 Å². The Bertz CT molecular complexity index is 1280. The molecule has 2 amide bonds. The molecule has 2 aliphatic heterocycles. The van der Waals surface area contributed by atoms with Gasteiger partial charge in [0.2, 0.25) is 5.91 Å². The summed E-state index contributed by atoms with van der Waals surface area (Å²) in [7, 11) is 0. The summed E-state index contributed by atoms with van der Waals surface area (Å²) >= 11 is 7.53. The predicted octanol–water partition coefficient (Wildman–Crippen LogP) is 4.85. The monoisotopic (exact) mass is 508 g/mol. The van der Waals surface area contributed by atoms with Gasteiger partial charge in [-0.15, -0.1) is 0 Å². The summed E-state index contributed by atoms with van der Waals surface area (Å²) in [5.41, 5.74) is 2.16. The van der Waals surface area contributed by atoms with E-state index < -0.39 is 0 Å². The summed E-state index contributed by atoms with van der Waals surface area (Å²) < 4.78 is 13.6. The van der Waals surface area contributed by atoms with Gasteiger partial charge >= 0.3 is 0 Å². The summed E-state index contributed by atoms with van der Waals surface area (Å²) in [5, 5.41) is 12.9. The number of thioether (sulfide) groups is 1. The molecule has 1 saturated carbocycles. The van der Waals surface area contributed by atoms with Crippen molar-refractivity contribution < 1.29 is 14.0 Å². The second-order valence-corrected chi connectivity index (χ2v) is 9.92. The Morgan fingerprint density at radius 3 is 2.34 bits per heavy atom. The number of rotatable bonds is 4. The average molecular weight is 509 g/mol. The average Bonchev–Trinajstić information content (AvgIpc) is 3.64. The number of nitriles is 1. The van der Waals surface area contributed by atoms with Gasteiger partial charge < -0.3 is 14.7 Å². The van der Waals surface area contributed by atoms with Crippen LogP contribution in [0.25, 0.3) is 5.70 Å². The molecule has 0 atom stereocenters. The van der Waals surface area contributed by atoms with Crippen LogP contribution < -0.4 is 4.90 Å². The Hall–Kier alpha value is -3.28. The van der Waals surface area contributed by atoms with Crippen LogP contribution in [-0.4, -0.2) is 47.8 Å². The first-order valence-corrected chi connectivity index (χ1v) is 12.6. The number of hydrogen-bond donors (Lipinski definition) is 0. The molecule has 2 aromatic rings. The second-order valence-electron chi connectivity index (χ2n) is 8.63. The third-order valence-electron chi connectivity index (χ3n) is 6.28. The number of hydrogen-bond acceptors (Lipinski definition) is 5. The van der Waals surface area contributed by atoms with Crippen molar-refractivity contribution in [2.75, 3.05) is 31.1 Å². The van der Waals surface area contributed by atoms with Crippen molar-refractivity contribution in [3.05, 3.63) is 80.9 Å². The van der Waals surface area contributed by atoms with E-state index in [0.717, 1.165) is 18.4 Å². The molecule has 1 aliphatic carbocycles. The zero-order valence-electron chi connectivity index (χ0n) is 18.8. The molecular weight excluding hydrogens is 487 g/mol. The van der Waals surface area contributed by atoms with Gasteiger partial charge in [-0.1, -0.05) is 29.4 Å². The maximum absolute atomic E-state index is 13.6. The largest absolute Gasteiger partial charge is 0.339 e. The summed E-state index contributed by atoms with van der Waals surface area (Å²) in [4.78, 5) is 31.1. The number of halogens is 2. The second kappa shape index (κ2) is 9.76. The van der Waals surface area contributed by atoms with Gasteiger partial charge in [0.05, 0.1) is 5.70 Å². The molecule has 2 heterocycles. The van der Waals surface area contributed by atoms with Crippen LogP contribution >= 0.6 is 23.4 Å². The van der Waals surface area contributed by atoms with Gasteiger partial charge in [0.1, 0.15) is 22.5 Å². The normalized spacial score (nSPS) is 19.3. The number of carbonyl (C=O) groups is 2. The molecule has 35 heavy (non-hydrogen) atoms. The van der Waals surface area contributed by atoms with Gasteiger partial charge in [-0.3, -0.25) is 9.59 Å². The first kappa shape index (κ1) is 23.5. The molecule has 0 spiro atoms. The van der Waals surface area contributed by atoms with Crippen molar-refractivity contribution in [1.82, 2.24) is 9.80 Å². The lowest BCUT2D eigenvalue weighted by Crippen LogP contribution is -2.51. The smallest absolute Gasteiger partial charge is 0.267 e. The van der Waals surface area contributed by atoms with E-state index in [2.05, 4.69) is 6.07 Å². The van der Waals surface area contributed by atoms with Crippen molar-refractivity contribution in [2.45, 2.75) is 12.8 Å². The maximum Gasteiger partial charge on any atom is 0.267 e. The predicted molar refractivity (Wildman–Crippen MR) is 134 cm³/mol. The molecule has 6 nitrogen and oxygen atoms in total. The van der Waals surface area contributed by atoms with Gasteiger partial charge in [0.15, 0.2) is 0 Å². The fraction of sp³-hybridized carbons (Fsp3) is 0.269. The minimum atomic E-state index is -0.366.